The first kappa shape index (κ1) is 18.5. The Balaban J connectivity index is 1.75. The molecule has 1 aromatic rings. The number of likely N-dealkylation sites (N-methyl/N-ethyl adjacent to an activating group) is 2. The summed E-state index contributed by atoms with van der Waals surface area (Å²) in [6, 6.07) is 7.82. The summed E-state index contributed by atoms with van der Waals surface area (Å²) in [6.07, 6.45) is 0. The molecule has 0 atom stereocenters. The smallest absolute Gasteiger partial charge is 0.242 e. The van der Waals surface area contributed by atoms with E-state index in [1.165, 1.54) is 4.90 Å². The number of carbonyl (C=O) groups is 1. The van der Waals surface area contributed by atoms with Crippen molar-refractivity contribution in [2.45, 2.75) is 6.54 Å². The van der Waals surface area contributed by atoms with Gasteiger partial charge in [-0.05, 0) is 29.9 Å². The van der Waals surface area contributed by atoms with E-state index in [9.17, 15) is 4.79 Å². The number of ether oxygens (including phenoxy) is 1. The Hall–Kier alpha value is -1.86. The van der Waals surface area contributed by atoms with Gasteiger partial charge in [0, 0.05) is 13.6 Å². The number of hydrogen-bond donors (Lipinski definition) is 2. The average Bonchev–Trinajstić information content (AvgIpc) is 2.60. The Morgan fingerprint density at radius 3 is 2.54 bits per heavy atom. The van der Waals surface area contributed by atoms with Gasteiger partial charge in [0.15, 0.2) is 5.11 Å². The molecule has 24 heavy (non-hydrogen) atoms. The lowest BCUT2D eigenvalue weighted by Gasteiger charge is -2.31. The van der Waals surface area contributed by atoms with Crippen LogP contribution in [0.2, 0.25) is 0 Å². The zero-order valence-corrected chi connectivity index (χ0v) is 15.5. The number of nitrogens with zero attached hydrogens (tertiary/aromatic N) is 2. The minimum atomic E-state index is 0.138. The Morgan fingerprint density at radius 1 is 1.33 bits per heavy atom. The highest BCUT2D eigenvalue weighted by Crippen LogP contribution is 2.11. The van der Waals surface area contributed by atoms with Crippen molar-refractivity contribution in [3.63, 3.8) is 0 Å². The number of carbonyl (C=O) groups excluding carboxylic acids is 1. The second kappa shape index (κ2) is 8.84. The molecule has 0 aromatic heterocycles. The molecule has 1 fully saturated rings. The maximum atomic E-state index is 12.3. The summed E-state index contributed by atoms with van der Waals surface area (Å²) in [7, 11) is 5.66. The third-order valence-electron chi connectivity index (χ3n) is 4.29. The van der Waals surface area contributed by atoms with E-state index in [1.807, 2.05) is 36.2 Å². The van der Waals surface area contributed by atoms with Crippen LogP contribution in [0.5, 0.6) is 5.75 Å². The minimum Gasteiger partial charge on any atom is -0.497 e. The fourth-order valence-electron chi connectivity index (χ4n) is 2.57. The van der Waals surface area contributed by atoms with E-state index < -0.39 is 0 Å². The Labute approximate surface area is 149 Å². The van der Waals surface area contributed by atoms with Crippen LogP contribution in [0.25, 0.3) is 0 Å². The van der Waals surface area contributed by atoms with Crippen molar-refractivity contribution < 1.29 is 14.4 Å². The van der Waals surface area contributed by atoms with E-state index in [4.69, 9.17) is 17.0 Å². The fourth-order valence-corrected chi connectivity index (χ4v) is 2.71. The maximum Gasteiger partial charge on any atom is 0.242 e. The summed E-state index contributed by atoms with van der Waals surface area (Å²) in [5.41, 5.74) is 1.11. The van der Waals surface area contributed by atoms with Crippen molar-refractivity contribution >= 4 is 23.2 Å². The molecule has 132 valence electrons. The SMILES string of the molecule is COc1ccc(CNC(=S)N(C)CC(=O)N2CC[NH+](C)CC2)cc1. The van der Waals surface area contributed by atoms with Crippen LogP contribution < -0.4 is 15.0 Å². The summed E-state index contributed by atoms with van der Waals surface area (Å²) in [5.74, 6) is 0.969. The van der Waals surface area contributed by atoms with E-state index in [-0.39, 0.29) is 5.91 Å². The van der Waals surface area contributed by atoms with Crippen molar-refractivity contribution in [1.29, 1.82) is 0 Å². The van der Waals surface area contributed by atoms with Crippen molar-refractivity contribution in [2.75, 3.05) is 53.9 Å². The molecular formula is C17H27N4O2S+. The van der Waals surface area contributed by atoms with Gasteiger partial charge in [0.25, 0.3) is 0 Å². The van der Waals surface area contributed by atoms with Crippen molar-refractivity contribution in [1.82, 2.24) is 15.1 Å². The van der Waals surface area contributed by atoms with E-state index >= 15 is 0 Å². The molecule has 0 spiro atoms. The highest BCUT2D eigenvalue weighted by atomic mass is 32.1. The Morgan fingerprint density at radius 2 is 1.96 bits per heavy atom. The van der Waals surface area contributed by atoms with Crippen LogP contribution in [-0.4, -0.2) is 74.7 Å². The van der Waals surface area contributed by atoms with Crippen LogP contribution in [0.1, 0.15) is 5.56 Å². The molecular weight excluding hydrogens is 324 g/mol. The lowest BCUT2D eigenvalue weighted by molar-refractivity contribution is -0.883. The van der Waals surface area contributed by atoms with E-state index in [1.54, 1.807) is 12.0 Å². The van der Waals surface area contributed by atoms with Gasteiger partial charge in [0.05, 0.1) is 46.9 Å². The molecule has 1 aliphatic heterocycles. The predicted octanol–water partition coefficient (Wildman–Crippen LogP) is -0.642. The summed E-state index contributed by atoms with van der Waals surface area (Å²) in [4.78, 5) is 17.5. The zero-order valence-electron chi connectivity index (χ0n) is 14.7. The van der Waals surface area contributed by atoms with Gasteiger partial charge >= 0.3 is 0 Å². The molecule has 7 heteroatoms. The van der Waals surface area contributed by atoms with Gasteiger partial charge in [-0.15, -0.1) is 0 Å². The number of quaternary nitrogens is 1. The van der Waals surface area contributed by atoms with E-state index in [0.717, 1.165) is 37.5 Å². The normalized spacial score (nSPS) is 15.0. The number of methoxy groups -OCH3 is 1. The molecule has 0 saturated carbocycles. The third kappa shape index (κ3) is 5.35. The molecule has 1 amide bonds. The fraction of sp³-hybridized carbons (Fsp3) is 0.529. The molecule has 0 aliphatic carbocycles. The molecule has 0 bridgehead atoms. The number of piperazine rings is 1. The van der Waals surface area contributed by atoms with Gasteiger partial charge in [0.1, 0.15) is 5.75 Å². The Kier molecular flexibility index (Phi) is 6.81. The second-order valence-electron chi connectivity index (χ2n) is 6.20. The van der Waals surface area contributed by atoms with Crippen LogP contribution in [-0.2, 0) is 11.3 Å². The molecule has 0 radical (unpaired) electrons. The lowest BCUT2D eigenvalue weighted by atomic mass is 10.2. The van der Waals surface area contributed by atoms with Gasteiger partial charge in [-0.2, -0.15) is 0 Å². The van der Waals surface area contributed by atoms with Crippen LogP contribution in [0.15, 0.2) is 24.3 Å². The van der Waals surface area contributed by atoms with Gasteiger partial charge in [-0.25, -0.2) is 0 Å². The van der Waals surface area contributed by atoms with Gasteiger partial charge in [-0.1, -0.05) is 12.1 Å². The summed E-state index contributed by atoms with van der Waals surface area (Å²) in [5, 5.41) is 3.78. The molecule has 1 aliphatic rings. The quantitative estimate of drug-likeness (QED) is 0.691. The van der Waals surface area contributed by atoms with Crippen molar-refractivity contribution in [3.8, 4) is 5.75 Å². The highest BCUT2D eigenvalue weighted by molar-refractivity contribution is 7.80. The third-order valence-corrected chi connectivity index (χ3v) is 4.75. The molecule has 1 aromatic carbocycles. The molecule has 0 unspecified atom stereocenters. The summed E-state index contributed by atoms with van der Waals surface area (Å²) >= 11 is 5.38. The second-order valence-corrected chi connectivity index (χ2v) is 6.59. The number of amides is 1. The predicted molar refractivity (Wildman–Crippen MR) is 98.3 cm³/mol. The van der Waals surface area contributed by atoms with Crippen LogP contribution in [0.3, 0.4) is 0 Å². The van der Waals surface area contributed by atoms with E-state index in [2.05, 4.69) is 12.4 Å². The lowest BCUT2D eigenvalue weighted by Crippen LogP contribution is -3.12. The molecule has 6 nitrogen and oxygen atoms in total. The Bertz CT molecular complexity index is 556. The average molecular weight is 351 g/mol. The number of thiocarbonyl (C=S) groups is 1. The van der Waals surface area contributed by atoms with E-state index in [0.29, 0.717) is 18.2 Å². The van der Waals surface area contributed by atoms with Crippen molar-refractivity contribution in [3.05, 3.63) is 29.8 Å². The first-order valence-corrected chi connectivity index (χ1v) is 8.61. The summed E-state index contributed by atoms with van der Waals surface area (Å²) < 4.78 is 5.14. The van der Waals surface area contributed by atoms with Gasteiger partial charge < -0.3 is 24.8 Å². The molecule has 1 heterocycles. The maximum absolute atomic E-state index is 12.3. The largest absolute Gasteiger partial charge is 0.497 e. The van der Waals surface area contributed by atoms with Crippen LogP contribution in [0, 0.1) is 0 Å². The van der Waals surface area contributed by atoms with Gasteiger partial charge in [0.2, 0.25) is 5.91 Å². The molecule has 2 rings (SSSR count). The number of nitrogens with one attached hydrogen (secondary N) is 2. The minimum absolute atomic E-state index is 0.138. The van der Waals surface area contributed by atoms with Gasteiger partial charge in [-0.3, -0.25) is 4.79 Å². The number of hydrogen-bond acceptors (Lipinski definition) is 3. The number of rotatable bonds is 5. The first-order valence-electron chi connectivity index (χ1n) is 8.20. The summed E-state index contributed by atoms with van der Waals surface area (Å²) in [6.45, 7) is 4.60. The molecule has 2 N–H and O–H groups in total. The van der Waals surface area contributed by atoms with Crippen LogP contribution >= 0.6 is 12.2 Å². The zero-order chi connectivity index (χ0) is 17.5. The standard InChI is InChI=1S/C17H26N4O2S/c1-19-8-10-21(11-9-19)16(22)13-20(2)17(24)18-12-14-4-6-15(23-3)7-5-14/h4-7H,8-13H2,1-3H3,(H,18,24)/p+1. The van der Waals surface area contributed by atoms with Crippen molar-refractivity contribution in [2.24, 2.45) is 0 Å². The first-order chi connectivity index (χ1) is 11.5. The topological polar surface area (TPSA) is 49.2 Å². The monoisotopic (exact) mass is 351 g/mol. The number of benzene rings is 1. The highest BCUT2D eigenvalue weighted by Gasteiger charge is 2.22. The molecule has 1 saturated heterocycles. The van der Waals surface area contributed by atoms with Crippen LogP contribution in [0.4, 0.5) is 0 Å².